The number of carbonyl (C=O) groups is 1. The molecule has 36 heavy (non-hydrogen) atoms. The van der Waals surface area contributed by atoms with Crippen molar-refractivity contribution < 1.29 is 19.4 Å². The number of rotatable bonds is 6. The van der Waals surface area contributed by atoms with Gasteiger partial charge >= 0.3 is 0 Å². The molecule has 0 atom stereocenters. The maximum Gasteiger partial charge on any atom is 0.196 e. The Bertz CT molecular complexity index is 1460. The number of nitrogens with one attached hydrogen (secondary N) is 1. The molecule has 0 saturated carbocycles. The number of hydrogen-bond acceptors (Lipinski definition) is 5. The second-order valence-corrected chi connectivity index (χ2v) is 11.5. The maximum atomic E-state index is 13.9. The van der Waals surface area contributed by atoms with Crippen LogP contribution in [0.2, 0.25) is 0 Å². The van der Waals surface area contributed by atoms with Crippen LogP contribution in [0.1, 0.15) is 21.5 Å². The molecule has 0 saturated heterocycles. The van der Waals surface area contributed by atoms with Gasteiger partial charge in [-0.3, -0.25) is 4.79 Å². The van der Waals surface area contributed by atoms with Gasteiger partial charge in [0, 0.05) is 16.8 Å². The number of halogens is 4. The van der Waals surface area contributed by atoms with Crippen molar-refractivity contribution in [3.8, 4) is 17.2 Å². The third-order valence-corrected chi connectivity index (χ3v) is 8.15. The van der Waals surface area contributed by atoms with Gasteiger partial charge in [-0.1, -0.05) is 24.4 Å². The van der Waals surface area contributed by atoms with Crippen LogP contribution in [0, 0.1) is 0 Å². The smallest absolute Gasteiger partial charge is 0.196 e. The Kier molecular flexibility index (Phi) is 8.41. The molecule has 5 nitrogen and oxygen atoms in total. The molecule has 0 radical (unpaired) electrons. The Balaban J connectivity index is 1.92. The van der Waals surface area contributed by atoms with Crippen LogP contribution in [0.3, 0.4) is 0 Å². The maximum absolute atomic E-state index is 13.9. The van der Waals surface area contributed by atoms with Crippen molar-refractivity contribution >= 4 is 98.4 Å². The van der Waals surface area contributed by atoms with E-state index in [4.69, 9.17) is 21.7 Å². The highest BCUT2D eigenvalue weighted by atomic mass is 79.9. The van der Waals surface area contributed by atoms with Gasteiger partial charge in [0.25, 0.3) is 0 Å². The number of ketones is 1. The molecule has 1 heterocycles. The fourth-order valence-electron chi connectivity index (χ4n) is 3.75. The summed E-state index contributed by atoms with van der Waals surface area (Å²) < 4.78 is 13.3. The number of hydrogen-bond donors (Lipinski definition) is 2. The summed E-state index contributed by atoms with van der Waals surface area (Å²) in [6, 6.07) is 14.1. The molecular weight excluding hydrogens is 742 g/mol. The first kappa shape index (κ1) is 27.1. The first-order valence-corrected chi connectivity index (χ1v) is 13.9. The van der Waals surface area contributed by atoms with E-state index in [1.165, 1.54) is 0 Å². The number of Topliss-reactive ketones (excluding diaryl/α,β-unsaturated/α-hetero) is 1. The Morgan fingerprint density at radius 1 is 0.917 bits per heavy atom. The first-order valence-electron chi connectivity index (χ1n) is 10.3. The van der Waals surface area contributed by atoms with Crippen LogP contribution >= 0.6 is 75.9 Å². The minimum atomic E-state index is -0.255. The molecule has 3 aromatic carbocycles. The van der Waals surface area contributed by atoms with E-state index in [-0.39, 0.29) is 11.5 Å². The number of aromatic hydroxyl groups is 1. The number of phenols is 1. The lowest BCUT2D eigenvalue weighted by atomic mass is 9.94. The standard InChI is InChI=1S/C26H17Br4NO4S/c1-34-21-6-3-12(7-16(21)28)8-19-22(13-4-5-20(32)15(27)9-13)23(26(36)31-19)24(33)14-10-17(29)25(35-2)18(30)11-14/h3-11,32H,1-2H3,(H,31,36)/b19-8-. The van der Waals surface area contributed by atoms with E-state index in [0.29, 0.717) is 57.9 Å². The number of phenolic OH excluding ortho intramolecular Hbond substituents is 1. The van der Waals surface area contributed by atoms with Crippen LogP contribution < -0.4 is 14.8 Å². The minimum absolute atomic E-state index is 0.0911. The number of methoxy groups -OCH3 is 2. The zero-order valence-electron chi connectivity index (χ0n) is 18.8. The van der Waals surface area contributed by atoms with E-state index < -0.39 is 0 Å². The molecule has 0 spiro atoms. The number of thiocarbonyl (C=S) groups is 1. The number of ether oxygens (including phenoxy) is 2. The number of carbonyl (C=O) groups excluding carboxylic acids is 1. The van der Waals surface area contributed by atoms with Gasteiger partial charge in [-0.25, -0.2) is 0 Å². The molecule has 0 amide bonds. The van der Waals surface area contributed by atoms with Gasteiger partial charge in [-0.05, 0) is 117 Å². The van der Waals surface area contributed by atoms with Gasteiger partial charge < -0.3 is 19.9 Å². The normalized spacial score (nSPS) is 14.3. The van der Waals surface area contributed by atoms with E-state index in [1.807, 2.05) is 24.3 Å². The third-order valence-electron chi connectivity index (χ3n) is 5.41. The topological polar surface area (TPSA) is 67.8 Å². The van der Waals surface area contributed by atoms with Crippen molar-refractivity contribution in [2.24, 2.45) is 0 Å². The lowest BCUT2D eigenvalue weighted by molar-refractivity contribution is 0.104. The molecule has 0 bridgehead atoms. The predicted octanol–water partition coefficient (Wildman–Crippen LogP) is 8.07. The highest BCUT2D eigenvalue weighted by Crippen LogP contribution is 2.40. The Morgan fingerprint density at radius 3 is 2.19 bits per heavy atom. The zero-order chi connectivity index (χ0) is 26.1. The van der Waals surface area contributed by atoms with Crippen molar-refractivity contribution in [2.45, 2.75) is 0 Å². The summed E-state index contributed by atoms with van der Waals surface area (Å²) in [6.07, 6.45) is 1.91. The van der Waals surface area contributed by atoms with Crippen molar-refractivity contribution in [1.29, 1.82) is 0 Å². The summed E-state index contributed by atoms with van der Waals surface area (Å²) in [6.45, 7) is 0. The summed E-state index contributed by atoms with van der Waals surface area (Å²) in [4.78, 5) is 14.2. The van der Waals surface area contributed by atoms with Gasteiger partial charge in [0.1, 0.15) is 22.2 Å². The van der Waals surface area contributed by atoms with Gasteiger partial charge in [-0.2, -0.15) is 0 Å². The predicted molar refractivity (Wildman–Crippen MR) is 160 cm³/mol. The van der Waals surface area contributed by atoms with Gasteiger partial charge in [0.05, 0.1) is 37.7 Å². The molecule has 1 aliphatic heterocycles. The number of benzene rings is 3. The lowest BCUT2D eigenvalue weighted by Gasteiger charge is -2.11. The molecule has 0 aliphatic carbocycles. The number of allylic oxidation sites excluding steroid dienone is 1. The van der Waals surface area contributed by atoms with Crippen LogP contribution in [-0.2, 0) is 0 Å². The Labute approximate surface area is 247 Å². The van der Waals surface area contributed by atoms with Crippen LogP contribution in [-0.4, -0.2) is 30.1 Å². The van der Waals surface area contributed by atoms with Gasteiger partial charge in [-0.15, -0.1) is 0 Å². The van der Waals surface area contributed by atoms with Crippen LogP contribution in [0.25, 0.3) is 11.6 Å². The average Bonchev–Trinajstić information content (AvgIpc) is 3.15. The molecule has 2 N–H and O–H groups in total. The van der Waals surface area contributed by atoms with E-state index in [1.54, 1.807) is 44.6 Å². The average molecular weight is 759 g/mol. The zero-order valence-corrected chi connectivity index (χ0v) is 25.9. The Hall–Kier alpha value is -1.98. The van der Waals surface area contributed by atoms with Crippen LogP contribution in [0.15, 0.2) is 77.7 Å². The van der Waals surface area contributed by atoms with Crippen LogP contribution in [0.5, 0.6) is 17.2 Å². The minimum Gasteiger partial charge on any atom is -0.507 e. The highest BCUT2D eigenvalue weighted by molar-refractivity contribution is 9.11. The molecule has 0 fully saturated rings. The van der Waals surface area contributed by atoms with Crippen molar-refractivity contribution in [1.82, 2.24) is 5.32 Å². The summed E-state index contributed by atoms with van der Waals surface area (Å²) in [5, 5.41) is 13.3. The summed E-state index contributed by atoms with van der Waals surface area (Å²) in [5.74, 6) is 1.13. The largest absolute Gasteiger partial charge is 0.507 e. The van der Waals surface area contributed by atoms with Crippen LogP contribution in [0.4, 0.5) is 0 Å². The summed E-state index contributed by atoms with van der Waals surface area (Å²) in [7, 11) is 3.16. The second-order valence-electron chi connectivity index (χ2n) is 7.62. The first-order chi connectivity index (χ1) is 17.1. The van der Waals surface area contributed by atoms with Gasteiger partial charge in [0.15, 0.2) is 5.78 Å². The molecule has 0 aromatic heterocycles. The monoisotopic (exact) mass is 755 g/mol. The molecule has 10 heteroatoms. The quantitative estimate of drug-likeness (QED) is 0.196. The van der Waals surface area contributed by atoms with Gasteiger partial charge in [0.2, 0.25) is 0 Å². The SMILES string of the molecule is COc1ccc(/C=C2\NC(=S)C(C(=O)c3cc(Br)c(OC)c(Br)c3)=C2c2ccc(O)c(Br)c2)cc1Br. The van der Waals surface area contributed by atoms with E-state index in [0.717, 1.165) is 10.0 Å². The molecular formula is C26H17Br4NO4S. The summed E-state index contributed by atoms with van der Waals surface area (Å²) >= 11 is 19.5. The van der Waals surface area contributed by atoms with Crippen molar-refractivity contribution in [3.05, 3.63) is 94.4 Å². The lowest BCUT2D eigenvalue weighted by Crippen LogP contribution is -2.18. The second kappa shape index (κ2) is 11.2. The Morgan fingerprint density at radius 2 is 1.61 bits per heavy atom. The molecule has 3 aromatic rings. The van der Waals surface area contributed by atoms with Crippen molar-refractivity contribution in [2.75, 3.05) is 14.2 Å². The molecule has 0 unspecified atom stereocenters. The molecule has 184 valence electrons. The third kappa shape index (κ3) is 5.33. The van der Waals surface area contributed by atoms with Crippen molar-refractivity contribution in [3.63, 3.8) is 0 Å². The summed E-state index contributed by atoms with van der Waals surface area (Å²) in [5.41, 5.74) is 3.64. The molecule has 1 aliphatic rings. The van der Waals surface area contributed by atoms with E-state index in [9.17, 15) is 9.90 Å². The highest BCUT2D eigenvalue weighted by Gasteiger charge is 2.32. The van der Waals surface area contributed by atoms with E-state index in [2.05, 4.69) is 69.0 Å². The molecule has 4 rings (SSSR count). The fourth-order valence-corrected chi connectivity index (χ4v) is 6.50. The fraction of sp³-hybridized carbons (Fsp3) is 0.0769. The van der Waals surface area contributed by atoms with E-state index >= 15 is 0 Å².